The number of carbonyl (C=O) groups is 1. The van der Waals surface area contributed by atoms with Gasteiger partial charge in [0.1, 0.15) is 5.54 Å². The van der Waals surface area contributed by atoms with Crippen LogP contribution in [-0.4, -0.2) is 34.4 Å². The Hall–Kier alpha value is -0.650. The Morgan fingerprint density at radius 1 is 1.67 bits per heavy atom. The van der Waals surface area contributed by atoms with Gasteiger partial charge in [-0.15, -0.1) is 0 Å². The summed E-state index contributed by atoms with van der Waals surface area (Å²) in [6.45, 7) is 1.71. The van der Waals surface area contributed by atoms with Gasteiger partial charge in [0.2, 0.25) is 0 Å². The fraction of sp³-hybridized carbons (Fsp3) is 0.857. The van der Waals surface area contributed by atoms with Crippen LogP contribution in [0.2, 0.25) is 0 Å². The van der Waals surface area contributed by atoms with Crippen LogP contribution < -0.4 is 11.5 Å². The molecular weight excluding hydrogens is 160 g/mol. The molecule has 2 atom stereocenters. The van der Waals surface area contributed by atoms with Crippen molar-refractivity contribution in [3.05, 3.63) is 0 Å². The van der Waals surface area contributed by atoms with E-state index in [9.17, 15) is 9.90 Å². The molecule has 5 heteroatoms. The number of carboxylic acid groups (broad SMARTS) is 1. The first-order chi connectivity index (χ1) is 5.42. The van der Waals surface area contributed by atoms with Crippen molar-refractivity contribution in [2.45, 2.75) is 31.4 Å². The molecule has 0 spiro atoms. The number of hydrogen-bond acceptors (Lipinski definition) is 4. The molecular formula is C7H16N2O3. The summed E-state index contributed by atoms with van der Waals surface area (Å²) in [6.07, 6.45) is -0.157. The molecule has 0 aliphatic rings. The summed E-state index contributed by atoms with van der Waals surface area (Å²) in [5.41, 5.74) is 8.98. The highest BCUT2D eigenvalue weighted by Crippen LogP contribution is 2.11. The zero-order valence-corrected chi connectivity index (χ0v) is 7.16. The smallest absolute Gasteiger partial charge is 0.326 e. The largest absolute Gasteiger partial charge is 0.480 e. The first-order valence-corrected chi connectivity index (χ1v) is 3.83. The van der Waals surface area contributed by atoms with Gasteiger partial charge in [-0.3, -0.25) is 4.79 Å². The van der Waals surface area contributed by atoms with Gasteiger partial charge in [0.15, 0.2) is 0 Å². The van der Waals surface area contributed by atoms with Crippen LogP contribution in [0.1, 0.15) is 19.8 Å². The van der Waals surface area contributed by atoms with Crippen LogP contribution in [0, 0.1) is 0 Å². The van der Waals surface area contributed by atoms with Crippen molar-refractivity contribution >= 4 is 5.97 Å². The Balaban J connectivity index is 4.06. The minimum absolute atomic E-state index is 0.315. The highest BCUT2D eigenvalue weighted by molar-refractivity contribution is 5.78. The Morgan fingerprint density at radius 2 is 2.17 bits per heavy atom. The van der Waals surface area contributed by atoms with Crippen LogP contribution >= 0.6 is 0 Å². The molecule has 0 fully saturated rings. The molecule has 0 radical (unpaired) electrons. The molecule has 0 aliphatic heterocycles. The number of hydrogen-bond donors (Lipinski definition) is 4. The molecule has 2 unspecified atom stereocenters. The van der Waals surface area contributed by atoms with E-state index in [0.717, 1.165) is 0 Å². The molecule has 0 aromatic carbocycles. The van der Waals surface area contributed by atoms with Gasteiger partial charge in [-0.2, -0.15) is 0 Å². The zero-order valence-electron chi connectivity index (χ0n) is 7.16. The Labute approximate surface area is 71.4 Å². The predicted molar refractivity (Wildman–Crippen MR) is 44.5 cm³/mol. The van der Waals surface area contributed by atoms with Gasteiger partial charge in [-0.05, 0) is 26.3 Å². The lowest BCUT2D eigenvalue weighted by Crippen LogP contribution is -2.54. The van der Waals surface area contributed by atoms with E-state index in [1.807, 2.05) is 0 Å². The normalized spacial score (nSPS) is 18.3. The van der Waals surface area contributed by atoms with Gasteiger partial charge >= 0.3 is 5.97 Å². The molecule has 0 heterocycles. The standard InChI is InChI=1S/C7H16N2O3/c1-7(9,6(11)12)5(10)3-2-4-8/h5,10H,2-4,8-9H2,1H3,(H,11,12). The number of aliphatic hydroxyl groups excluding tert-OH is 1. The fourth-order valence-corrected chi connectivity index (χ4v) is 0.754. The van der Waals surface area contributed by atoms with Crippen molar-refractivity contribution in [1.82, 2.24) is 0 Å². The molecule has 0 bridgehead atoms. The Kier molecular flexibility index (Phi) is 4.16. The van der Waals surface area contributed by atoms with Crippen molar-refractivity contribution in [3.63, 3.8) is 0 Å². The highest BCUT2D eigenvalue weighted by Gasteiger charge is 2.35. The topological polar surface area (TPSA) is 110 Å². The third kappa shape index (κ3) is 2.77. The van der Waals surface area contributed by atoms with E-state index in [4.69, 9.17) is 16.6 Å². The molecule has 0 amide bonds. The minimum atomic E-state index is -1.57. The van der Waals surface area contributed by atoms with Crippen LogP contribution in [-0.2, 0) is 4.79 Å². The SMILES string of the molecule is CC(N)(C(=O)O)C(O)CCCN. The highest BCUT2D eigenvalue weighted by atomic mass is 16.4. The van der Waals surface area contributed by atoms with Crippen molar-refractivity contribution in [3.8, 4) is 0 Å². The number of rotatable bonds is 5. The monoisotopic (exact) mass is 176 g/mol. The van der Waals surface area contributed by atoms with E-state index in [2.05, 4.69) is 0 Å². The molecule has 0 aromatic rings. The second-order valence-electron chi connectivity index (χ2n) is 3.03. The third-order valence-corrected chi connectivity index (χ3v) is 1.83. The first-order valence-electron chi connectivity index (χ1n) is 3.83. The Morgan fingerprint density at radius 3 is 2.50 bits per heavy atom. The first kappa shape index (κ1) is 11.4. The zero-order chi connectivity index (χ0) is 9.78. The maximum Gasteiger partial charge on any atom is 0.326 e. The molecule has 0 saturated carbocycles. The average Bonchev–Trinajstić information content (AvgIpc) is 1.99. The molecule has 0 aliphatic carbocycles. The summed E-state index contributed by atoms with van der Waals surface area (Å²) in [7, 11) is 0. The van der Waals surface area contributed by atoms with Gasteiger partial charge in [0, 0.05) is 0 Å². The van der Waals surface area contributed by atoms with Gasteiger partial charge in [0.05, 0.1) is 6.10 Å². The number of aliphatic carboxylic acids is 1. The summed E-state index contributed by atoms with van der Waals surface area (Å²) in [5, 5.41) is 17.9. The molecule has 5 nitrogen and oxygen atoms in total. The maximum absolute atomic E-state index is 10.5. The molecule has 0 saturated heterocycles. The quantitative estimate of drug-likeness (QED) is 0.424. The van der Waals surface area contributed by atoms with Crippen LogP contribution in [0.25, 0.3) is 0 Å². The average molecular weight is 176 g/mol. The predicted octanol–water partition coefficient (Wildman–Crippen LogP) is -1.11. The van der Waals surface area contributed by atoms with E-state index >= 15 is 0 Å². The van der Waals surface area contributed by atoms with Crippen LogP contribution in [0.3, 0.4) is 0 Å². The summed E-state index contributed by atoms with van der Waals surface area (Å²) in [4.78, 5) is 10.5. The minimum Gasteiger partial charge on any atom is -0.480 e. The van der Waals surface area contributed by atoms with Crippen molar-refractivity contribution in [2.24, 2.45) is 11.5 Å². The number of carboxylic acids is 1. The molecule has 72 valence electrons. The van der Waals surface area contributed by atoms with E-state index in [1.165, 1.54) is 6.92 Å². The molecule has 0 aromatic heterocycles. The van der Waals surface area contributed by atoms with Gasteiger partial charge < -0.3 is 21.7 Å². The molecule has 0 rings (SSSR count). The lowest BCUT2D eigenvalue weighted by atomic mass is 9.93. The second kappa shape index (κ2) is 4.39. The van der Waals surface area contributed by atoms with Crippen LogP contribution in [0.4, 0.5) is 0 Å². The maximum atomic E-state index is 10.5. The van der Waals surface area contributed by atoms with E-state index in [0.29, 0.717) is 19.4 Å². The summed E-state index contributed by atoms with van der Waals surface area (Å²) >= 11 is 0. The van der Waals surface area contributed by atoms with Crippen molar-refractivity contribution < 1.29 is 15.0 Å². The number of nitrogens with two attached hydrogens (primary N) is 2. The van der Waals surface area contributed by atoms with Gasteiger partial charge in [-0.1, -0.05) is 0 Å². The van der Waals surface area contributed by atoms with Gasteiger partial charge in [-0.25, -0.2) is 0 Å². The van der Waals surface area contributed by atoms with E-state index < -0.39 is 17.6 Å². The Bertz CT molecular complexity index is 159. The summed E-state index contributed by atoms with van der Waals surface area (Å²) < 4.78 is 0. The van der Waals surface area contributed by atoms with Crippen molar-refractivity contribution in [2.75, 3.05) is 6.54 Å². The summed E-state index contributed by atoms with van der Waals surface area (Å²) in [5.74, 6) is -1.20. The lowest BCUT2D eigenvalue weighted by molar-refractivity contribution is -0.147. The second-order valence-corrected chi connectivity index (χ2v) is 3.03. The molecule has 12 heavy (non-hydrogen) atoms. The lowest BCUT2D eigenvalue weighted by Gasteiger charge is -2.25. The fourth-order valence-electron chi connectivity index (χ4n) is 0.754. The van der Waals surface area contributed by atoms with E-state index in [-0.39, 0.29) is 0 Å². The third-order valence-electron chi connectivity index (χ3n) is 1.83. The number of aliphatic hydroxyl groups is 1. The van der Waals surface area contributed by atoms with Crippen LogP contribution in [0.5, 0.6) is 0 Å². The van der Waals surface area contributed by atoms with Crippen molar-refractivity contribution in [1.29, 1.82) is 0 Å². The van der Waals surface area contributed by atoms with Gasteiger partial charge in [0.25, 0.3) is 0 Å². The molecule has 6 N–H and O–H groups in total. The van der Waals surface area contributed by atoms with E-state index in [1.54, 1.807) is 0 Å². The van der Waals surface area contributed by atoms with Crippen LogP contribution in [0.15, 0.2) is 0 Å². The summed E-state index contributed by atoms with van der Waals surface area (Å²) in [6, 6.07) is 0.